The van der Waals surface area contributed by atoms with Crippen molar-refractivity contribution in [1.29, 1.82) is 0 Å². The van der Waals surface area contributed by atoms with E-state index in [1.807, 2.05) is 163 Å². The van der Waals surface area contributed by atoms with Crippen LogP contribution < -0.4 is 39.4 Å². The van der Waals surface area contributed by atoms with Gasteiger partial charge in [0.15, 0.2) is 0 Å². The molecule has 0 spiro atoms. The van der Waals surface area contributed by atoms with Crippen molar-refractivity contribution in [1.82, 2.24) is 0 Å². The molecule has 458 valence electrons. The zero-order valence-electron chi connectivity index (χ0n) is 54.8. The number of aryl methyl sites for hydroxylation is 4. The van der Waals surface area contributed by atoms with Crippen molar-refractivity contribution in [3.05, 3.63) is 227 Å². The second-order valence-electron chi connectivity index (χ2n) is 24.5. The number of carboxylic acid groups (broad SMARTS) is 4. The van der Waals surface area contributed by atoms with Gasteiger partial charge in [-0.25, -0.2) is 0 Å². The van der Waals surface area contributed by atoms with Crippen LogP contribution in [0.1, 0.15) is 197 Å². The van der Waals surface area contributed by atoms with E-state index in [0.717, 1.165) is 157 Å². The number of hydrogen-bond donors (Lipinski definition) is 0. The molecule has 0 radical (unpaired) electrons. The maximum atomic E-state index is 11.6. The van der Waals surface area contributed by atoms with Crippen LogP contribution >= 0.6 is 0 Å². The first kappa shape index (κ1) is 66.5. The van der Waals surface area contributed by atoms with Crippen LogP contribution in [0.3, 0.4) is 0 Å². The van der Waals surface area contributed by atoms with Gasteiger partial charge in [-0.2, -0.15) is 0 Å². The van der Waals surface area contributed by atoms with Crippen molar-refractivity contribution < 1.29 is 79.6 Å². The molecule has 0 fully saturated rings. The molecule has 0 bridgehead atoms. The third kappa shape index (κ3) is 11.5. The summed E-state index contributed by atoms with van der Waals surface area (Å²) in [7, 11) is 0. The Morgan fingerprint density at radius 3 is 0.573 bits per heavy atom. The Hall–Kier alpha value is -8.47. The summed E-state index contributed by atoms with van der Waals surface area (Å²) in [6, 6.07) is 16.3. The normalized spacial score (nSPS) is 12.3. The monoisotopic (exact) mass is 1280 g/mol. The van der Waals surface area contributed by atoms with Gasteiger partial charge < -0.3 is 58.6 Å². The third-order valence-electron chi connectivity index (χ3n) is 19.8. The van der Waals surface area contributed by atoms with Crippen molar-refractivity contribution >= 4 is 23.9 Å². The second-order valence-corrected chi connectivity index (χ2v) is 24.5. The van der Waals surface area contributed by atoms with E-state index in [1.165, 1.54) is 22.3 Å². The molecule has 0 amide bonds. The van der Waals surface area contributed by atoms with Crippen molar-refractivity contribution in [2.75, 3.05) is 0 Å². The number of ether oxygens (including phenoxy) is 4. The number of hydrogen-bond acceptors (Lipinski definition) is 12. The van der Waals surface area contributed by atoms with Gasteiger partial charge in [-0.05, 0) is 272 Å². The molecule has 12 nitrogen and oxygen atoms in total. The first-order valence-electron chi connectivity index (χ1n) is 29.7. The number of carboxylic acids is 4. The van der Waals surface area contributed by atoms with Gasteiger partial charge in [-0.1, -0.05) is 48.5 Å². The molecule has 8 aromatic rings. The van der Waals surface area contributed by atoms with Crippen LogP contribution in [0.4, 0.5) is 0 Å². The first-order valence-corrected chi connectivity index (χ1v) is 29.7. The Kier molecular flexibility index (Phi) is 18.8. The molecule has 0 unspecified atom stereocenters. The average molecular weight is 1280 g/mol. The first-order chi connectivity index (χ1) is 41.3. The Morgan fingerprint density at radius 2 is 0.416 bits per heavy atom. The van der Waals surface area contributed by atoms with E-state index in [4.69, 9.17) is 18.9 Å². The van der Waals surface area contributed by atoms with Gasteiger partial charge >= 0.3 is 21.1 Å². The summed E-state index contributed by atoms with van der Waals surface area (Å²) in [6.07, 6.45) is 2.27. The van der Waals surface area contributed by atoms with E-state index in [9.17, 15) is 39.6 Å². The zero-order valence-corrected chi connectivity index (χ0v) is 56.8. The minimum atomic E-state index is -1.13. The van der Waals surface area contributed by atoms with Crippen LogP contribution in [0.15, 0.2) is 48.5 Å². The molecule has 4 heterocycles. The number of rotatable bonds is 4. The van der Waals surface area contributed by atoms with Crippen LogP contribution in [-0.4, -0.2) is 23.9 Å². The van der Waals surface area contributed by atoms with Crippen molar-refractivity contribution in [3.8, 4) is 46.0 Å². The smallest absolute Gasteiger partial charge is 0.545 e. The van der Waals surface area contributed by atoms with Gasteiger partial charge in [0, 0.05) is 70.2 Å². The van der Waals surface area contributed by atoms with Crippen molar-refractivity contribution in [2.45, 2.75) is 164 Å². The van der Waals surface area contributed by atoms with E-state index in [-0.39, 0.29) is 43.3 Å². The van der Waals surface area contributed by atoms with E-state index in [2.05, 4.69) is 24.3 Å². The molecule has 8 aromatic carbocycles. The largest absolute Gasteiger partial charge is 4.00 e. The summed E-state index contributed by atoms with van der Waals surface area (Å²) in [4.78, 5) is 46.5. The molecule has 89 heavy (non-hydrogen) atoms. The summed E-state index contributed by atoms with van der Waals surface area (Å²) in [5.74, 6) is 1.66. The SMILES string of the molecule is Cc1ccc2c(c1C)Oc1c(C)c(C)c(C)c(C(=O)[O-])c1C2.Cc1ccc2c(c1C)Oc1c(C)c(C)c(C)c(C(=O)[O-])c1C2.Cc1ccc2c(c1C)Oc1c(C)c(C)c(C)c(C(=O)[O-])c1C2.Cc1ccc2c(c1C)Oc1c(C)c(C)c(C)c(C(=O)[O-])c1C2.[Mo+4]. The van der Waals surface area contributed by atoms with Gasteiger partial charge in [-0.3, -0.25) is 0 Å². The molecule has 4 aliphatic heterocycles. The van der Waals surface area contributed by atoms with Crippen molar-refractivity contribution in [2.24, 2.45) is 0 Å². The fraction of sp³-hybridized carbons (Fsp3) is 0.316. The van der Waals surface area contributed by atoms with Gasteiger partial charge in [0.05, 0.1) is 23.9 Å². The molecule has 0 aliphatic carbocycles. The van der Waals surface area contributed by atoms with Gasteiger partial charge in [0.25, 0.3) is 0 Å². The molecular formula is C76H76MoO12. The molecule has 0 saturated heterocycles. The molecule has 0 N–H and O–H groups in total. The zero-order chi connectivity index (χ0) is 64.7. The van der Waals surface area contributed by atoms with Crippen LogP contribution in [0.25, 0.3) is 0 Å². The van der Waals surface area contributed by atoms with Gasteiger partial charge in [-0.15, -0.1) is 0 Å². The molecule has 0 saturated carbocycles. The van der Waals surface area contributed by atoms with E-state index in [1.54, 1.807) is 0 Å². The van der Waals surface area contributed by atoms with Crippen LogP contribution in [-0.2, 0) is 46.7 Å². The molecule has 0 aromatic heterocycles. The third-order valence-corrected chi connectivity index (χ3v) is 19.8. The minimum absolute atomic E-state index is 0. The fourth-order valence-corrected chi connectivity index (χ4v) is 12.8. The number of carbonyl (C=O) groups excluding carboxylic acids is 4. The maximum absolute atomic E-state index is 11.6. The van der Waals surface area contributed by atoms with Crippen LogP contribution in [0.5, 0.6) is 46.0 Å². The number of benzene rings is 8. The summed E-state index contributed by atoms with van der Waals surface area (Å²) >= 11 is 0. The maximum Gasteiger partial charge on any atom is 4.00 e. The molecule has 13 heteroatoms. The average Bonchev–Trinajstić information content (AvgIpc) is 0.813. The van der Waals surface area contributed by atoms with Crippen molar-refractivity contribution in [3.63, 3.8) is 0 Å². The van der Waals surface area contributed by atoms with Crippen LogP contribution in [0.2, 0.25) is 0 Å². The summed E-state index contributed by atoms with van der Waals surface area (Å²) in [5.41, 5.74) is 28.2. The standard InChI is InChI=1S/4C19H20O3.Mo/c4*1-9-6-7-14-8-15-16(19(20)21)12(4)11(3)13(5)18(15)22-17(14)10(9)2;/h4*6-7H,8H2,1-5H3,(H,20,21);/q;;;;+4/p-4. The Labute approximate surface area is 537 Å². The summed E-state index contributed by atoms with van der Waals surface area (Å²) in [5, 5.41) is 46.5. The number of carbonyl (C=O) groups is 4. The number of aromatic carboxylic acids is 4. The Balaban J connectivity index is 0.000000153. The summed E-state index contributed by atoms with van der Waals surface area (Å²) in [6.45, 7) is 39.3. The van der Waals surface area contributed by atoms with E-state index >= 15 is 0 Å². The Morgan fingerprint density at radius 1 is 0.247 bits per heavy atom. The molecular weight excluding hydrogens is 1200 g/mol. The summed E-state index contributed by atoms with van der Waals surface area (Å²) < 4.78 is 24.6. The van der Waals surface area contributed by atoms with E-state index in [0.29, 0.717) is 48.7 Å². The quantitative estimate of drug-likeness (QED) is 0.151. The van der Waals surface area contributed by atoms with Gasteiger partial charge in [0.2, 0.25) is 0 Å². The topological polar surface area (TPSA) is 197 Å². The number of fused-ring (bicyclic) bond motifs is 8. The second kappa shape index (κ2) is 25.2. The minimum Gasteiger partial charge on any atom is -0.545 e. The van der Waals surface area contributed by atoms with Crippen LogP contribution in [0, 0.1) is 138 Å². The predicted molar refractivity (Wildman–Crippen MR) is 335 cm³/mol. The predicted octanol–water partition coefficient (Wildman–Crippen LogP) is 13.2. The Bertz CT molecular complexity index is 3830. The molecule has 4 aliphatic rings. The molecule has 0 atom stereocenters. The van der Waals surface area contributed by atoms with Gasteiger partial charge in [0.1, 0.15) is 46.0 Å². The van der Waals surface area contributed by atoms with E-state index < -0.39 is 23.9 Å². The fourth-order valence-electron chi connectivity index (χ4n) is 12.8. The molecule has 12 rings (SSSR count).